The van der Waals surface area contributed by atoms with Crippen molar-refractivity contribution in [1.29, 1.82) is 0 Å². The third-order valence-corrected chi connectivity index (χ3v) is 3.81. The quantitative estimate of drug-likeness (QED) is 0.785. The topological polar surface area (TPSA) is 78.5 Å². The van der Waals surface area contributed by atoms with Gasteiger partial charge in [-0.25, -0.2) is 4.39 Å². The average Bonchev–Trinajstić information content (AvgIpc) is 2.59. The molecule has 0 saturated heterocycles. The molecule has 2 N–H and O–H groups in total. The maximum absolute atomic E-state index is 13.0. The number of hydrogen-bond donors (Lipinski definition) is 2. The van der Waals surface area contributed by atoms with Gasteiger partial charge in [0.15, 0.2) is 0 Å². The van der Waals surface area contributed by atoms with E-state index in [-0.39, 0.29) is 36.5 Å². The molecule has 7 heteroatoms. The number of nitrogens with one attached hydrogen (secondary N) is 2. The second-order valence-electron chi connectivity index (χ2n) is 6.13. The van der Waals surface area contributed by atoms with E-state index in [4.69, 9.17) is 0 Å². The Kier molecular flexibility index (Phi) is 7.05. The molecule has 0 bridgehead atoms. The zero-order valence-electron chi connectivity index (χ0n) is 15.3. The van der Waals surface area contributed by atoms with Crippen LogP contribution >= 0.6 is 0 Å². The third kappa shape index (κ3) is 6.89. The molecule has 0 fully saturated rings. The van der Waals surface area contributed by atoms with E-state index in [0.717, 1.165) is 5.56 Å². The molecule has 142 valence electrons. The molecule has 0 atom stereocenters. The van der Waals surface area contributed by atoms with Crippen LogP contribution in [0.4, 0.5) is 15.8 Å². The molecular formula is C20H22FN3O3. The molecule has 0 aliphatic rings. The highest BCUT2D eigenvalue weighted by atomic mass is 19.1. The molecule has 0 radical (unpaired) electrons. The summed E-state index contributed by atoms with van der Waals surface area (Å²) in [4.78, 5) is 36.6. The molecule has 27 heavy (non-hydrogen) atoms. The van der Waals surface area contributed by atoms with E-state index < -0.39 is 0 Å². The number of rotatable bonds is 7. The molecule has 0 heterocycles. The maximum atomic E-state index is 13.0. The van der Waals surface area contributed by atoms with Gasteiger partial charge in [0.1, 0.15) is 5.82 Å². The summed E-state index contributed by atoms with van der Waals surface area (Å²) in [5.74, 6) is -0.953. The van der Waals surface area contributed by atoms with Crippen LogP contribution in [-0.4, -0.2) is 29.2 Å². The van der Waals surface area contributed by atoms with Gasteiger partial charge in [-0.15, -0.1) is 0 Å². The summed E-state index contributed by atoms with van der Waals surface area (Å²) < 4.78 is 13.0. The number of amides is 3. The van der Waals surface area contributed by atoms with Gasteiger partial charge in [0, 0.05) is 44.7 Å². The largest absolute Gasteiger partial charge is 0.338 e. The van der Waals surface area contributed by atoms with E-state index in [9.17, 15) is 18.8 Å². The van der Waals surface area contributed by atoms with E-state index >= 15 is 0 Å². The maximum Gasteiger partial charge on any atom is 0.226 e. The van der Waals surface area contributed by atoms with Crippen molar-refractivity contribution >= 4 is 29.1 Å². The minimum Gasteiger partial charge on any atom is -0.338 e. The van der Waals surface area contributed by atoms with Crippen LogP contribution in [0.2, 0.25) is 0 Å². The second-order valence-corrected chi connectivity index (χ2v) is 6.13. The lowest BCUT2D eigenvalue weighted by Crippen LogP contribution is -2.31. The molecule has 0 saturated carbocycles. The predicted molar refractivity (Wildman–Crippen MR) is 101 cm³/mol. The highest BCUT2D eigenvalue weighted by molar-refractivity contribution is 5.93. The van der Waals surface area contributed by atoms with Crippen LogP contribution in [0.25, 0.3) is 0 Å². The Bertz CT molecular complexity index is 821. The Morgan fingerprint density at radius 1 is 0.963 bits per heavy atom. The number of carbonyl (C=O) groups excluding carboxylic acids is 3. The van der Waals surface area contributed by atoms with Gasteiger partial charge in [0.2, 0.25) is 17.7 Å². The van der Waals surface area contributed by atoms with E-state index in [1.807, 2.05) is 0 Å². The fraction of sp³-hybridized carbons (Fsp3) is 0.250. The summed E-state index contributed by atoms with van der Waals surface area (Å²) >= 11 is 0. The second kappa shape index (κ2) is 9.47. The lowest BCUT2D eigenvalue weighted by molar-refractivity contribution is -0.130. The van der Waals surface area contributed by atoms with Crippen molar-refractivity contribution in [3.8, 4) is 0 Å². The molecule has 0 aliphatic carbocycles. The summed E-state index contributed by atoms with van der Waals surface area (Å²) in [5, 5.41) is 5.39. The molecule has 3 amide bonds. The summed E-state index contributed by atoms with van der Waals surface area (Å²) in [7, 11) is 0. The first-order valence-corrected chi connectivity index (χ1v) is 8.51. The minimum absolute atomic E-state index is 0.116. The zero-order valence-corrected chi connectivity index (χ0v) is 15.3. The van der Waals surface area contributed by atoms with Crippen molar-refractivity contribution in [3.05, 3.63) is 59.9 Å². The fourth-order valence-electron chi connectivity index (χ4n) is 2.50. The molecule has 2 rings (SSSR count). The lowest BCUT2D eigenvalue weighted by Gasteiger charge is -2.21. The fourth-order valence-corrected chi connectivity index (χ4v) is 2.50. The van der Waals surface area contributed by atoms with Crippen molar-refractivity contribution in [2.24, 2.45) is 0 Å². The van der Waals surface area contributed by atoms with Gasteiger partial charge in [-0.1, -0.05) is 18.2 Å². The van der Waals surface area contributed by atoms with Crippen LogP contribution in [0.5, 0.6) is 0 Å². The van der Waals surface area contributed by atoms with Gasteiger partial charge in [-0.2, -0.15) is 0 Å². The van der Waals surface area contributed by atoms with Gasteiger partial charge in [0.05, 0.1) is 0 Å². The number of halogens is 1. The highest BCUT2D eigenvalue weighted by Crippen LogP contribution is 2.15. The van der Waals surface area contributed by atoms with E-state index in [1.165, 1.54) is 30.9 Å². The molecule has 0 spiro atoms. The normalized spacial score (nSPS) is 10.2. The third-order valence-electron chi connectivity index (χ3n) is 3.81. The highest BCUT2D eigenvalue weighted by Gasteiger charge is 2.12. The predicted octanol–water partition coefficient (Wildman–Crippen LogP) is 3.16. The molecule has 0 unspecified atom stereocenters. The van der Waals surface area contributed by atoms with Crippen LogP contribution in [-0.2, 0) is 20.9 Å². The van der Waals surface area contributed by atoms with Crippen LogP contribution < -0.4 is 10.6 Å². The van der Waals surface area contributed by atoms with Crippen LogP contribution in [0.15, 0.2) is 48.5 Å². The van der Waals surface area contributed by atoms with Crippen LogP contribution in [0, 0.1) is 5.82 Å². The first-order valence-electron chi connectivity index (χ1n) is 8.51. The van der Waals surface area contributed by atoms with Crippen molar-refractivity contribution in [3.63, 3.8) is 0 Å². The summed E-state index contributed by atoms with van der Waals surface area (Å²) in [6.07, 6.45) is 0.116. The van der Waals surface area contributed by atoms with Crippen LogP contribution in [0.1, 0.15) is 25.8 Å². The molecular weight excluding hydrogens is 349 g/mol. The van der Waals surface area contributed by atoms with E-state index in [1.54, 1.807) is 36.4 Å². The number of nitrogens with zero attached hydrogens (tertiary/aromatic N) is 1. The summed E-state index contributed by atoms with van der Waals surface area (Å²) in [6.45, 7) is 3.38. The van der Waals surface area contributed by atoms with Crippen molar-refractivity contribution in [2.75, 3.05) is 17.2 Å². The van der Waals surface area contributed by atoms with E-state index in [2.05, 4.69) is 10.6 Å². The summed E-state index contributed by atoms with van der Waals surface area (Å²) in [5.41, 5.74) is 1.93. The Balaban J connectivity index is 1.91. The molecule has 0 aromatic heterocycles. The van der Waals surface area contributed by atoms with Crippen molar-refractivity contribution in [1.82, 2.24) is 4.90 Å². The Hall–Kier alpha value is -3.22. The lowest BCUT2D eigenvalue weighted by atomic mass is 10.2. The van der Waals surface area contributed by atoms with Gasteiger partial charge in [0.25, 0.3) is 0 Å². The van der Waals surface area contributed by atoms with Gasteiger partial charge in [-0.3, -0.25) is 14.4 Å². The van der Waals surface area contributed by atoms with Gasteiger partial charge >= 0.3 is 0 Å². The molecule has 0 aliphatic heterocycles. The van der Waals surface area contributed by atoms with Crippen molar-refractivity contribution in [2.45, 2.75) is 26.8 Å². The number of anilines is 2. The first kappa shape index (κ1) is 20.1. The number of hydrogen-bond acceptors (Lipinski definition) is 3. The average molecular weight is 371 g/mol. The molecule has 6 nitrogen and oxygen atoms in total. The molecule has 2 aromatic carbocycles. The van der Waals surface area contributed by atoms with Crippen LogP contribution in [0.3, 0.4) is 0 Å². The smallest absolute Gasteiger partial charge is 0.226 e. The minimum atomic E-state index is -0.339. The zero-order chi connectivity index (χ0) is 19.8. The van der Waals surface area contributed by atoms with Gasteiger partial charge < -0.3 is 15.5 Å². The Morgan fingerprint density at radius 3 is 2.19 bits per heavy atom. The monoisotopic (exact) mass is 371 g/mol. The first-order chi connectivity index (χ1) is 12.8. The van der Waals surface area contributed by atoms with Crippen molar-refractivity contribution < 1.29 is 18.8 Å². The standard InChI is InChI=1S/C20H22FN3O3/c1-14(25)22-18-4-3-5-19(12-18)23-20(27)10-11-24(15(2)26)13-16-6-8-17(21)9-7-16/h3-9,12H,10-11,13H2,1-2H3,(H,22,25)(H,23,27). The van der Waals surface area contributed by atoms with E-state index in [0.29, 0.717) is 17.9 Å². The Morgan fingerprint density at radius 2 is 1.59 bits per heavy atom. The Labute approximate surface area is 157 Å². The SMILES string of the molecule is CC(=O)Nc1cccc(NC(=O)CCN(Cc2ccc(F)cc2)C(C)=O)c1. The molecule has 2 aromatic rings. The number of carbonyl (C=O) groups is 3. The van der Waals surface area contributed by atoms with Gasteiger partial charge in [-0.05, 0) is 35.9 Å². The number of benzene rings is 2. The summed E-state index contributed by atoms with van der Waals surface area (Å²) in [6, 6.07) is 12.7.